The molecule has 26 heavy (non-hydrogen) atoms. The van der Waals surface area contributed by atoms with Crippen LogP contribution in [0, 0.1) is 0 Å². The lowest BCUT2D eigenvalue weighted by atomic mass is 9.98. The van der Waals surface area contributed by atoms with Gasteiger partial charge in [0.15, 0.2) is 0 Å². The van der Waals surface area contributed by atoms with E-state index in [-0.39, 0.29) is 17.9 Å². The van der Waals surface area contributed by atoms with Crippen molar-refractivity contribution in [1.29, 1.82) is 0 Å². The predicted octanol–water partition coefficient (Wildman–Crippen LogP) is 2.79. The van der Waals surface area contributed by atoms with Gasteiger partial charge in [0.25, 0.3) is 0 Å². The van der Waals surface area contributed by atoms with Crippen LogP contribution in [0.4, 0.5) is 0 Å². The van der Waals surface area contributed by atoms with Crippen LogP contribution in [0.5, 0.6) is 0 Å². The van der Waals surface area contributed by atoms with Gasteiger partial charge in [0.05, 0.1) is 12.6 Å². The minimum Gasteiger partial charge on any atom is -0.354 e. The topological polar surface area (TPSA) is 61.4 Å². The zero-order valence-corrected chi connectivity index (χ0v) is 16.8. The fourth-order valence-corrected chi connectivity index (χ4v) is 5.04. The summed E-state index contributed by atoms with van der Waals surface area (Å²) < 4.78 is 0. The molecule has 0 aromatic carbocycles. The first-order valence-corrected chi connectivity index (χ1v) is 10.8. The monoisotopic (exact) mass is 391 g/mol. The summed E-state index contributed by atoms with van der Waals surface area (Å²) in [7, 11) is 0. The van der Waals surface area contributed by atoms with E-state index in [0.29, 0.717) is 13.1 Å². The number of carbonyl (C=O) groups is 2. The van der Waals surface area contributed by atoms with Gasteiger partial charge in [-0.15, -0.1) is 22.7 Å². The zero-order chi connectivity index (χ0) is 18.5. The molecule has 0 saturated carbocycles. The highest BCUT2D eigenvalue weighted by atomic mass is 32.1. The average Bonchev–Trinajstić information content (AvgIpc) is 3.30. The summed E-state index contributed by atoms with van der Waals surface area (Å²) in [4.78, 5) is 29.4. The first-order chi connectivity index (χ1) is 12.6. The minimum atomic E-state index is -0.518. The van der Waals surface area contributed by atoms with Crippen molar-refractivity contribution in [2.45, 2.75) is 38.8 Å². The van der Waals surface area contributed by atoms with Crippen LogP contribution in [0.15, 0.2) is 29.0 Å². The van der Waals surface area contributed by atoms with Crippen molar-refractivity contribution in [3.05, 3.63) is 44.3 Å². The van der Waals surface area contributed by atoms with Gasteiger partial charge < -0.3 is 10.6 Å². The van der Waals surface area contributed by atoms with E-state index >= 15 is 0 Å². The van der Waals surface area contributed by atoms with Crippen molar-refractivity contribution in [1.82, 2.24) is 15.5 Å². The van der Waals surface area contributed by atoms with Gasteiger partial charge in [-0.05, 0) is 48.2 Å². The van der Waals surface area contributed by atoms with Crippen molar-refractivity contribution in [3.63, 3.8) is 0 Å². The Bertz CT molecular complexity index is 742. The van der Waals surface area contributed by atoms with E-state index in [1.807, 2.05) is 6.92 Å². The molecule has 2 aromatic heterocycles. The Balaban J connectivity index is 1.66. The van der Waals surface area contributed by atoms with Gasteiger partial charge in [-0.3, -0.25) is 14.5 Å². The van der Waals surface area contributed by atoms with Gasteiger partial charge in [0.1, 0.15) is 6.04 Å². The third-order valence-electron chi connectivity index (χ3n) is 4.55. The second-order valence-electron chi connectivity index (χ2n) is 6.52. The lowest BCUT2D eigenvalue weighted by molar-refractivity contribution is -0.129. The molecule has 0 fully saturated rings. The van der Waals surface area contributed by atoms with Crippen LogP contribution in [-0.4, -0.2) is 42.4 Å². The number of nitrogens with zero attached hydrogens (tertiary/aromatic N) is 1. The summed E-state index contributed by atoms with van der Waals surface area (Å²) in [6.07, 6.45) is 1.85. The number of carbonyl (C=O) groups excluding carboxylic acids is 2. The Morgan fingerprint density at radius 1 is 1.31 bits per heavy atom. The molecule has 1 aliphatic rings. The molecule has 2 N–H and O–H groups in total. The fourth-order valence-electron chi connectivity index (χ4n) is 3.26. The molecule has 2 atom stereocenters. The van der Waals surface area contributed by atoms with Crippen LogP contribution in [-0.2, 0) is 16.0 Å². The van der Waals surface area contributed by atoms with Crippen LogP contribution in [0.3, 0.4) is 0 Å². The highest BCUT2D eigenvalue weighted by molar-refractivity contribution is 7.10. The second-order valence-corrected chi connectivity index (χ2v) is 8.50. The van der Waals surface area contributed by atoms with E-state index in [1.165, 1.54) is 15.3 Å². The molecule has 0 radical (unpaired) electrons. The lowest BCUT2D eigenvalue weighted by Crippen LogP contribution is -2.49. The van der Waals surface area contributed by atoms with Crippen LogP contribution in [0.25, 0.3) is 0 Å². The summed E-state index contributed by atoms with van der Waals surface area (Å²) in [5, 5.41) is 9.86. The number of hydrogen-bond acceptors (Lipinski definition) is 5. The summed E-state index contributed by atoms with van der Waals surface area (Å²) in [5.41, 5.74) is 1.31. The van der Waals surface area contributed by atoms with Crippen molar-refractivity contribution in [2.24, 2.45) is 0 Å². The number of thiophene rings is 2. The number of fused-ring (bicyclic) bond motifs is 1. The molecule has 0 unspecified atom stereocenters. The third-order valence-corrected chi connectivity index (χ3v) is 6.47. The maximum absolute atomic E-state index is 12.5. The lowest BCUT2D eigenvalue weighted by Gasteiger charge is -2.35. The van der Waals surface area contributed by atoms with E-state index in [0.717, 1.165) is 19.4 Å². The second kappa shape index (κ2) is 8.79. The highest BCUT2D eigenvalue weighted by Crippen LogP contribution is 2.39. The molecule has 2 aromatic rings. The Morgan fingerprint density at radius 3 is 2.88 bits per heavy atom. The largest absolute Gasteiger partial charge is 0.354 e. The maximum atomic E-state index is 12.5. The van der Waals surface area contributed by atoms with E-state index in [2.05, 4.69) is 44.5 Å². The van der Waals surface area contributed by atoms with E-state index in [9.17, 15) is 9.59 Å². The summed E-state index contributed by atoms with van der Waals surface area (Å²) in [6, 6.07) is 5.97. The Kier molecular flexibility index (Phi) is 6.45. The van der Waals surface area contributed by atoms with Gasteiger partial charge in [-0.2, -0.15) is 0 Å². The van der Waals surface area contributed by atoms with Crippen molar-refractivity contribution < 1.29 is 9.59 Å². The average molecular weight is 392 g/mol. The first kappa shape index (κ1) is 19.1. The molecule has 0 saturated heterocycles. The van der Waals surface area contributed by atoms with Gasteiger partial charge >= 0.3 is 0 Å². The van der Waals surface area contributed by atoms with Crippen molar-refractivity contribution >= 4 is 34.5 Å². The van der Waals surface area contributed by atoms with E-state index < -0.39 is 6.04 Å². The molecular weight excluding hydrogens is 366 g/mol. The molecule has 0 bridgehead atoms. The van der Waals surface area contributed by atoms with Gasteiger partial charge in [-0.1, -0.05) is 13.0 Å². The van der Waals surface area contributed by atoms with E-state index in [1.54, 1.807) is 29.6 Å². The SMILES string of the molecule is CCCNC(=O)[C@H](C)NC(=O)CN1CCc2sccc2[C@@H]1c1cccs1. The van der Waals surface area contributed by atoms with Crippen LogP contribution in [0.2, 0.25) is 0 Å². The minimum absolute atomic E-state index is 0.107. The number of nitrogens with one attached hydrogen (secondary N) is 2. The molecule has 7 heteroatoms. The van der Waals surface area contributed by atoms with Crippen LogP contribution >= 0.6 is 22.7 Å². The zero-order valence-electron chi connectivity index (χ0n) is 15.2. The molecular formula is C19H25N3O2S2. The standard InChI is InChI=1S/C19H25N3O2S2/c1-3-8-20-19(24)13(2)21-17(23)12-22-9-6-15-14(7-11-26-15)18(22)16-5-4-10-25-16/h4-5,7,10-11,13,18H,3,6,8-9,12H2,1-2H3,(H,20,24)(H,21,23)/t13-,18+/m0/s1. The number of rotatable bonds is 7. The molecule has 140 valence electrons. The maximum Gasteiger partial charge on any atom is 0.242 e. The predicted molar refractivity (Wildman–Crippen MR) is 107 cm³/mol. The summed E-state index contributed by atoms with van der Waals surface area (Å²) in [6.45, 7) is 5.51. The Hall–Kier alpha value is -1.70. The third kappa shape index (κ3) is 4.34. The molecule has 1 aliphatic heterocycles. The first-order valence-electron chi connectivity index (χ1n) is 9.01. The van der Waals surface area contributed by atoms with Gasteiger partial charge in [0.2, 0.25) is 11.8 Å². The highest BCUT2D eigenvalue weighted by Gasteiger charge is 2.31. The number of amides is 2. The quantitative estimate of drug-likeness (QED) is 0.763. The molecule has 0 spiro atoms. The smallest absolute Gasteiger partial charge is 0.242 e. The fraction of sp³-hybridized carbons (Fsp3) is 0.474. The summed E-state index contributed by atoms with van der Waals surface area (Å²) >= 11 is 3.52. The molecule has 5 nitrogen and oxygen atoms in total. The van der Waals surface area contributed by atoms with E-state index in [4.69, 9.17) is 0 Å². The molecule has 2 amide bonds. The molecule has 0 aliphatic carbocycles. The summed E-state index contributed by atoms with van der Waals surface area (Å²) in [5.74, 6) is -0.238. The molecule has 3 heterocycles. The van der Waals surface area contributed by atoms with Crippen LogP contribution in [0.1, 0.15) is 41.6 Å². The van der Waals surface area contributed by atoms with Crippen molar-refractivity contribution in [2.75, 3.05) is 19.6 Å². The van der Waals surface area contributed by atoms with Gasteiger partial charge in [0, 0.05) is 22.8 Å². The Labute approximate surface area is 162 Å². The van der Waals surface area contributed by atoms with Crippen molar-refractivity contribution in [3.8, 4) is 0 Å². The number of hydrogen-bond donors (Lipinski definition) is 2. The Morgan fingerprint density at radius 2 is 2.15 bits per heavy atom. The van der Waals surface area contributed by atoms with Gasteiger partial charge in [-0.25, -0.2) is 0 Å². The van der Waals surface area contributed by atoms with Crippen LogP contribution < -0.4 is 10.6 Å². The normalized spacial score (nSPS) is 18.2. The molecule has 3 rings (SSSR count).